The van der Waals surface area contributed by atoms with E-state index in [1.165, 1.54) is 11.1 Å². The number of morpholine rings is 1. The third-order valence-corrected chi connectivity index (χ3v) is 6.22. The van der Waals surface area contributed by atoms with Crippen LogP contribution in [0.3, 0.4) is 0 Å². The third-order valence-electron chi connectivity index (χ3n) is 6.22. The molecule has 1 aromatic rings. The summed E-state index contributed by atoms with van der Waals surface area (Å²) in [5.74, 6) is 1.17. The third kappa shape index (κ3) is 5.13. The molecule has 2 fully saturated rings. The fourth-order valence-electron chi connectivity index (χ4n) is 4.29. The molecule has 1 unspecified atom stereocenters. The van der Waals surface area contributed by atoms with Gasteiger partial charge in [0.1, 0.15) is 0 Å². The van der Waals surface area contributed by atoms with Gasteiger partial charge in [0, 0.05) is 38.5 Å². The molecule has 5 nitrogen and oxygen atoms in total. The molecule has 0 bridgehead atoms. The van der Waals surface area contributed by atoms with E-state index in [-0.39, 0.29) is 23.7 Å². The van der Waals surface area contributed by atoms with Crippen LogP contribution >= 0.6 is 0 Å². The molecule has 2 aliphatic heterocycles. The van der Waals surface area contributed by atoms with Crippen LogP contribution in [-0.2, 0) is 14.3 Å². The molecule has 2 amide bonds. The van der Waals surface area contributed by atoms with E-state index in [2.05, 4.69) is 45.0 Å². The van der Waals surface area contributed by atoms with Gasteiger partial charge in [0.15, 0.2) is 0 Å². The van der Waals surface area contributed by atoms with Crippen LogP contribution in [0.2, 0.25) is 0 Å². The molecule has 0 N–H and O–H groups in total. The van der Waals surface area contributed by atoms with Gasteiger partial charge in [-0.3, -0.25) is 9.59 Å². The van der Waals surface area contributed by atoms with Gasteiger partial charge in [-0.05, 0) is 37.2 Å². The summed E-state index contributed by atoms with van der Waals surface area (Å²) in [6.45, 7) is 10.5. The van der Waals surface area contributed by atoms with Crippen molar-refractivity contribution in [3.8, 4) is 0 Å². The number of ether oxygens (including phenoxy) is 1. The zero-order chi connectivity index (χ0) is 20.1. The fourth-order valence-corrected chi connectivity index (χ4v) is 4.29. The highest BCUT2D eigenvalue weighted by Gasteiger charge is 2.32. The Hall–Kier alpha value is -1.88. The standard InChI is InChI=1S/C23H34N2O3/c1-17(2)21(19-6-4-18(3)5-7-19)16-22(26)24-10-8-20(9-11-24)23(27)25-12-14-28-15-13-25/h4-7,17,20-21H,8-16H2,1-3H3. The van der Waals surface area contributed by atoms with Gasteiger partial charge in [-0.15, -0.1) is 0 Å². The second kappa shape index (κ2) is 9.55. The Morgan fingerprint density at radius 1 is 1.00 bits per heavy atom. The number of piperidine rings is 1. The number of amides is 2. The second-order valence-electron chi connectivity index (χ2n) is 8.56. The first kappa shape index (κ1) is 20.8. The normalized spacial score (nSPS) is 19.7. The molecule has 0 aliphatic carbocycles. The van der Waals surface area contributed by atoms with E-state index < -0.39 is 0 Å². The summed E-state index contributed by atoms with van der Waals surface area (Å²) in [5.41, 5.74) is 2.48. The van der Waals surface area contributed by atoms with E-state index in [9.17, 15) is 9.59 Å². The molecule has 0 spiro atoms. The van der Waals surface area contributed by atoms with Gasteiger partial charge in [0.25, 0.3) is 0 Å². The molecule has 2 aliphatic rings. The Kier molecular flexibility index (Phi) is 7.11. The van der Waals surface area contributed by atoms with Crippen molar-refractivity contribution >= 4 is 11.8 Å². The number of carbonyl (C=O) groups is 2. The molecular formula is C23H34N2O3. The lowest BCUT2D eigenvalue weighted by Crippen LogP contribution is -2.47. The number of nitrogens with zero attached hydrogens (tertiary/aromatic N) is 2. The maximum Gasteiger partial charge on any atom is 0.225 e. The number of hydrogen-bond donors (Lipinski definition) is 0. The minimum absolute atomic E-state index is 0.0557. The molecule has 2 heterocycles. The van der Waals surface area contributed by atoms with Gasteiger partial charge in [0.2, 0.25) is 11.8 Å². The number of likely N-dealkylation sites (tertiary alicyclic amines) is 1. The number of aryl methyl sites for hydroxylation is 1. The lowest BCUT2D eigenvalue weighted by Gasteiger charge is -2.36. The molecule has 2 saturated heterocycles. The van der Waals surface area contributed by atoms with E-state index in [0.717, 1.165) is 12.8 Å². The van der Waals surface area contributed by atoms with Crippen molar-refractivity contribution in [2.75, 3.05) is 39.4 Å². The van der Waals surface area contributed by atoms with Crippen LogP contribution in [0.1, 0.15) is 50.2 Å². The first-order chi connectivity index (χ1) is 13.5. The van der Waals surface area contributed by atoms with Gasteiger partial charge in [0.05, 0.1) is 13.2 Å². The molecule has 1 aromatic carbocycles. The molecule has 0 radical (unpaired) electrons. The summed E-state index contributed by atoms with van der Waals surface area (Å²) < 4.78 is 5.34. The summed E-state index contributed by atoms with van der Waals surface area (Å²) in [7, 11) is 0. The summed E-state index contributed by atoms with van der Waals surface area (Å²) in [4.78, 5) is 29.5. The lowest BCUT2D eigenvalue weighted by molar-refractivity contribution is -0.144. The second-order valence-corrected chi connectivity index (χ2v) is 8.56. The monoisotopic (exact) mass is 386 g/mol. The van der Waals surface area contributed by atoms with Crippen molar-refractivity contribution in [1.82, 2.24) is 9.80 Å². The number of rotatable bonds is 5. The highest BCUT2D eigenvalue weighted by molar-refractivity contribution is 5.80. The first-order valence-corrected chi connectivity index (χ1v) is 10.7. The Bertz CT molecular complexity index is 657. The smallest absolute Gasteiger partial charge is 0.225 e. The van der Waals surface area contributed by atoms with Gasteiger partial charge in [-0.1, -0.05) is 43.7 Å². The molecule has 154 valence electrons. The topological polar surface area (TPSA) is 49.9 Å². The largest absolute Gasteiger partial charge is 0.378 e. The minimum atomic E-state index is 0.0557. The van der Waals surface area contributed by atoms with Crippen molar-refractivity contribution in [1.29, 1.82) is 0 Å². The Balaban J connectivity index is 1.53. The maximum absolute atomic E-state index is 12.9. The number of hydrogen-bond acceptors (Lipinski definition) is 3. The fraction of sp³-hybridized carbons (Fsp3) is 0.652. The zero-order valence-corrected chi connectivity index (χ0v) is 17.5. The van der Waals surface area contributed by atoms with E-state index >= 15 is 0 Å². The Labute approximate surface area is 169 Å². The summed E-state index contributed by atoms with van der Waals surface area (Å²) >= 11 is 0. The van der Waals surface area contributed by atoms with E-state index in [0.29, 0.717) is 51.7 Å². The predicted molar refractivity (Wildman–Crippen MR) is 110 cm³/mol. The van der Waals surface area contributed by atoms with Gasteiger partial charge < -0.3 is 14.5 Å². The van der Waals surface area contributed by atoms with Crippen LogP contribution in [0.25, 0.3) is 0 Å². The SMILES string of the molecule is Cc1ccc(C(CC(=O)N2CCC(C(=O)N3CCOCC3)CC2)C(C)C)cc1. The highest BCUT2D eigenvalue weighted by atomic mass is 16.5. The minimum Gasteiger partial charge on any atom is -0.378 e. The van der Waals surface area contributed by atoms with Crippen molar-refractivity contribution in [3.63, 3.8) is 0 Å². The molecule has 3 rings (SSSR count). The average molecular weight is 387 g/mol. The van der Waals surface area contributed by atoms with Gasteiger partial charge >= 0.3 is 0 Å². The molecule has 0 saturated carbocycles. The van der Waals surface area contributed by atoms with Gasteiger partial charge in [-0.25, -0.2) is 0 Å². The number of carbonyl (C=O) groups excluding carboxylic acids is 2. The van der Waals surface area contributed by atoms with Crippen molar-refractivity contribution in [2.24, 2.45) is 11.8 Å². The number of benzene rings is 1. The van der Waals surface area contributed by atoms with E-state index in [1.54, 1.807) is 0 Å². The average Bonchev–Trinajstić information content (AvgIpc) is 2.72. The van der Waals surface area contributed by atoms with Crippen LogP contribution in [0.5, 0.6) is 0 Å². The maximum atomic E-state index is 12.9. The van der Waals surface area contributed by atoms with Crippen LogP contribution < -0.4 is 0 Å². The quantitative estimate of drug-likeness (QED) is 0.781. The zero-order valence-electron chi connectivity index (χ0n) is 17.5. The van der Waals surface area contributed by atoms with Crippen LogP contribution in [0, 0.1) is 18.8 Å². The molecule has 28 heavy (non-hydrogen) atoms. The van der Waals surface area contributed by atoms with E-state index in [1.807, 2.05) is 9.80 Å². The van der Waals surface area contributed by atoms with Crippen LogP contribution in [0.15, 0.2) is 24.3 Å². The summed E-state index contributed by atoms with van der Waals surface area (Å²) in [5, 5.41) is 0. The van der Waals surface area contributed by atoms with Gasteiger partial charge in [-0.2, -0.15) is 0 Å². The molecular weight excluding hydrogens is 352 g/mol. The van der Waals surface area contributed by atoms with Crippen LogP contribution in [0.4, 0.5) is 0 Å². The van der Waals surface area contributed by atoms with E-state index in [4.69, 9.17) is 4.74 Å². The molecule has 0 aromatic heterocycles. The van der Waals surface area contributed by atoms with Crippen molar-refractivity contribution in [3.05, 3.63) is 35.4 Å². The molecule has 5 heteroatoms. The Morgan fingerprint density at radius 2 is 1.61 bits per heavy atom. The Morgan fingerprint density at radius 3 is 2.18 bits per heavy atom. The lowest BCUT2D eigenvalue weighted by atomic mass is 9.84. The summed E-state index contributed by atoms with van der Waals surface area (Å²) in [6.07, 6.45) is 2.10. The predicted octanol–water partition coefficient (Wildman–Crippen LogP) is 3.22. The van der Waals surface area contributed by atoms with Crippen LogP contribution in [-0.4, -0.2) is 61.0 Å². The highest BCUT2D eigenvalue weighted by Crippen LogP contribution is 2.30. The molecule has 1 atom stereocenters. The van der Waals surface area contributed by atoms with Crippen molar-refractivity contribution in [2.45, 2.75) is 46.0 Å². The first-order valence-electron chi connectivity index (χ1n) is 10.7. The van der Waals surface area contributed by atoms with Crippen molar-refractivity contribution < 1.29 is 14.3 Å². The summed E-state index contributed by atoms with van der Waals surface area (Å²) in [6, 6.07) is 8.55.